The average Bonchev–Trinajstić information content (AvgIpc) is 3.17. The molecule has 5 rings (SSSR count). The maximum atomic E-state index is 13.5. The molecule has 2 unspecified atom stereocenters. The number of carbonyl (C=O) groups excluding carboxylic acids is 4. The van der Waals surface area contributed by atoms with E-state index in [0.29, 0.717) is 5.56 Å². The van der Waals surface area contributed by atoms with Crippen LogP contribution in [-0.2, 0) is 25.8 Å². The van der Waals surface area contributed by atoms with Gasteiger partial charge < -0.3 is 9.57 Å². The number of amides is 3. The second-order valence-electron chi connectivity index (χ2n) is 8.18. The maximum Gasteiger partial charge on any atom is 0.333 e. The largest absolute Gasteiger partial charge is 0.467 e. The van der Waals surface area contributed by atoms with E-state index in [1.165, 1.54) is 19.2 Å². The zero-order chi connectivity index (χ0) is 25.2. The third kappa shape index (κ3) is 3.80. The summed E-state index contributed by atoms with van der Waals surface area (Å²) < 4.78 is 4.97. The molecule has 3 aromatic carbocycles. The molecule has 0 radical (unpaired) electrons. The summed E-state index contributed by atoms with van der Waals surface area (Å²) >= 11 is 0. The molecule has 2 heterocycles. The van der Waals surface area contributed by atoms with E-state index in [4.69, 9.17) is 9.57 Å². The normalized spacial score (nSPS) is 18.6. The Morgan fingerprint density at radius 2 is 1.42 bits per heavy atom. The second-order valence-corrected chi connectivity index (χ2v) is 8.18. The topological polar surface area (TPSA) is 106 Å². The Balaban J connectivity index is 1.52. The molecular formula is C27H21N3O6. The summed E-state index contributed by atoms with van der Waals surface area (Å²) in [5.41, 5.74) is 1.70. The predicted molar refractivity (Wildman–Crippen MR) is 127 cm³/mol. The molecule has 9 nitrogen and oxygen atoms in total. The highest BCUT2D eigenvalue weighted by molar-refractivity contribution is 6.32. The Hall–Kier alpha value is -4.79. The van der Waals surface area contributed by atoms with E-state index in [1.807, 2.05) is 30.3 Å². The van der Waals surface area contributed by atoms with E-state index in [9.17, 15) is 19.2 Å². The minimum Gasteiger partial charge on any atom is -0.467 e. The quantitative estimate of drug-likeness (QED) is 0.221. The molecule has 1 fully saturated rings. The lowest BCUT2D eigenvalue weighted by Crippen LogP contribution is -2.70. The summed E-state index contributed by atoms with van der Waals surface area (Å²) in [5.74, 6) is -2.61. The smallest absolute Gasteiger partial charge is 0.333 e. The number of nitrogens with zero attached hydrogens (tertiary/aromatic N) is 3. The van der Waals surface area contributed by atoms with Crippen LogP contribution in [0.25, 0.3) is 0 Å². The summed E-state index contributed by atoms with van der Waals surface area (Å²) in [6.07, 6.45) is 0. The first kappa shape index (κ1) is 23.0. The number of β-lactam (4-membered cyclic amide) rings is 1. The lowest BCUT2D eigenvalue weighted by Gasteiger charge is -2.45. The molecule has 0 saturated carbocycles. The second kappa shape index (κ2) is 9.46. The van der Waals surface area contributed by atoms with Crippen molar-refractivity contribution in [2.24, 2.45) is 5.16 Å². The van der Waals surface area contributed by atoms with Crippen molar-refractivity contribution in [1.82, 2.24) is 9.80 Å². The Morgan fingerprint density at radius 3 is 2.00 bits per heavy atom. The number of carbonyl (C=O) groups is 4. The van der Waals surface area contributed by atoms with Gasteiger partial charge in [0.15, 0.2) is 17.9 Å². The summed E-state index contributed by atoms with van der Waals surface area (Å²) in [4.78, 5) is 60.0. The number of hydrogen-bond acceptors (Lipinski definition) is 7. The van der Waals surface area contributed by atoms with Crippen LogP contribution < -0.4 is 0 Å². The first-order chi connectivity index (χ1) is 17.5. The van der Waals surface area contributed by atoms with Gasteiger partial charge in [0.2, 0.25) is 0 Å². The number of methoxy groups -OCH3 is 1. The molecule has 0 aliphatic carbocycles. The van der Waals surface area contributed by atoms with Crippen molar-refractivity contribution in [3.63, 3.8) is 0 Å². The number of ether oxygens (including phenoxy) is 1. The molecule has 2 atom stereocenters. The van der Waals surface area contributed by atoms with Gasteiger partial charge in [-0.15, -0.1) is 0 Å². The van der Waals surface area contributed by atoms with Crippen molar-refractivity contribution in [3.8, 4) is 0 Å². The highest BCUT2D eigenvalue weighted by atomic mass is 16.6. The number of fused-ring (bicyclic) bond motifs is 1. The van der Waals surface area contributed by atoms with Crippen LogP contribution in [0.5, 0.6) is 0 Å². The molecule has 0 N–H and O–H groups in total. The van der Waals surface area contributed by atoms with Gasteiger partial charge in [-0.3, -0.25) is 24.2 Å². The van der Waals surface area contributed by atoms with Crippen molar-refractivity contribution in [2.45, 2.75) is 18.7 Å². The van der Waals surface area contributed by atoms with Gasteiger partial charge in [0, 0.05) is 0 Å². The standard InChI is InChI=1S/C27H21N3O6/c1-35-27(34)21(18-12-6-3-7-13-18)29-23(28-36-16-17-10-4-2-5-11-17)22(26(29)33)30-24(31)19-14-8-9-15-20(19)25(30)32/h2-15,21-22H,16H2,1H3/b28-23+. The molecule has 180 valence electrons. The molecule has 3 aromatic rings. The van der Waals surface area contributed by atoms with Gasteiger partial charge in [0.1, 0.15) is 6.61 Å². The van der Waals surface area contributed by atoms with Gasteiger partial charge >= 0.3 is 5.97 Å². The Morgan fingerprint density at radius 1 is 0.861 bits per heavy atom. The third-order valence-corrected chi connectivity index (χ3v) is 6.08. The summed E-state index contributed by atoms with van der Waals surface area (Å²) in [5, 5.41) is 4.15. The average molecular weight is 483 g/mol. The van der Waals surface area contributed by atoms with Gasteiger partial charge in [0.25, 0.3) is 17.7 Å². The van der Waals surface area contributed by atoms with E-state index >= 15 is 0 Å². The van der Waals surface area contributed by atoms with Crippen molar-refractivity contribution in [2.75, 3.05) is 7.11 Å². The third-order valence-electron chi connectivity index (χ3n) is 6.08. The molecule has 0 spiro atoms. The zero-order valence-corrected chi connectivity index (χ0v) is 19.2. The number of rotatable bonds is 7. The number of amidine groups is 1. The predicted octanol–water partition coefficient (Wildman–Crippen LogP) is 2.94. The van der Waals surface area contributed by atoms with Crippen LogP contribution in [0, 0.1) is 0 Å². The molecule has 0 bridgehead atoms. The molecule has 1 saturated heterocycles. The zero-order valence-electron chi connectivity index (χ0n) is 19.2. The van der Waals surface area contributed by atoms with Crippen molar-refractivity contribution in [3.05, 3.63) is 107 Å². The van der Waals surface area contributed by atoms with E-state index in [1.54, 1.807) is 42.5 Å². The summed E-state index contributed by atoms with van der Waals surface area (Å²) in [7, 11) is 1.22. The lowest BCUT2D eigenvalue weighted by molar-refractivity contribution is -0.153. The molecule has 3 amide bonds. The summed E-state index contributed by atoms with van der Waals surface area (Å²) in [6, 6.07) is 21.6. The molecule has 0 aromatic heterocycles. The first-order valence-electron chi connectivity index (χ1n) is 11.2. The lowest BCUT2D eigenvalue weighted by atomic mass is 9.95. The number of likely N-dealkylation sites (tertiary alicyclic amines) is 1. The Bertz CT molecular complexity index is 1340. The number of imide groups is 1. The van der Waals surface area contributed by atoms with Crippen molar-refractivity contribution < 1.29 is 28.8 Å². The van der Waals surface area contributed by atoms with Crippen LogP contribution >= 0.6 is 0 Å². The van der Waals surface area contributed by atoms with Gasteiger partial charge in [-0.1, -0.05) is 78.0 Å². The van der Waals surface area contributed by atoms with Crippen LogP contribution in [-0.4, -0.2) is 52.5 Å². The molecule has 2 aliphatic rings. The molecule has 2 aliphatic heterocycles. The first-order valence-corrected chi connectivity index (χ1v) is 11.2. The molecule has 9 heteroatoms. The minimum absolute atomic E-state index is 0.0373. The van der Waals surface area contributed by atoms with E-state index in [2.05, 4.69) is 5.16 Å². The SMILES string of the molecule is COC(=O)C(c1ccccc1)N1C(=O)C(N2C(=O)c3ccccc3C2=O)/C1=N\OCc1ccccc1. The van der Waals surface area contributed by atoms with Crippen LogP contribution in [0.1, 0.15) is 37.9 Å². The maximum absolute atomic E-state index is 13.5. The van der Waals surface area contributed by atoms with Gasteiger partial charge in [-0.25, -0.2) is 4.79 Å². The van der Waals surface area contributed by atoms with Crippen molar-refractivity contribution >= 4 is 29.5 Å². The van der Waals surface area contributed by atoms with E-state index in [0.717, 1.165) is 15.4 Å². The monoisotopic (exact) mass is 483 g/mol. The number of esters is 1. The molecular weight excluding hydrogens is 462 g/mol. The van der Waals surface area contributed by atoms with Crippen LogP contribution in [0.15, 0.2) is 90.1 Å². The molecule has 36 heavy (non-hydrogen) atoms. The minimum atomic E-state index is -1.34. The van der Waals surface area contributed by atoms with Gasteiger partial charge in [-0.2, -0.15) is 0 Å². The fourth-order valence-corrected chi connectivity index (χ4v) is 4.33. The Labute approximate surface area is 206 Å². The van der Waals surface area contributed by atoms with Crippen LogP contribution in [0.4, 0.5) is 0 Å². The van der Waals surface area contributed by atoms with Crippen molar-refractivity contribution in [1.29, 1.82) is 0 Å². The summed E-state index contributed by atoms with van der Waals surface area (Å²) in [6.45, 7) is 0.0788. The number of oxime groups is 1. The van der Waals surface area contributed by atoms with E-state index < -0.39 is 35.8 Å². The number of hydrogen-bond donors (Lipinski definition) is 0. The van der Waals surface area contributed by atoms with Crippen LogP contribution in [0.3, 0.4) is 0 Å². The highest BCUT2D eigenvalue weighted by Crippen LogP contribution is 2.36. The fraction of sp³-hybridized carbons (Fsp3) is 0.148. The highest BCUT2D eigenvalue weighted by Gasteiger charge is 2.58. The fourth-order valence-electron chi connectivity index (χ4n) is 4.33. The number of benzene rings is 3. The Kier molecular flexibility index (Phi) is 6.03. The van der Waals surface area contributed by atoms with Gasteiger partial charge in [-0.05, 0) is 23.3 Å². The van der Waals surface area contributed by atoms with Gasteiger partial charge in [0.05, 0.1) is 18.2 Å². The van der Waals surface area contributed by atoms with E-state index in [-0.39, 0.29) is 23.6 Å². The van der Waals surface area contributed by atoms with Crippen LogP contribution in [0.2, 0.25) is 0 Å².